The number of aromatic amines is 1. The molecular weight excluding hydrogens is 326 g/mol. The highest BCUT2D eigenvalue weighted by atomic mass is 14.7. The van der Waals surface area contributed by atoms with Crippen LogP contribution in [-0.2, 0) is 0 Å². The van der Waals surface area contributed by atoms with Crippen LogP contribution in [0.2, 0.25) is 0 Å². The van der Waals surface area contributed by atoms with E-state index in [4.69, 9.17) is 0 Å². The average Bonchev–Trinajstić information content (AvgIpc) is 3.19. The third-order valence-electron chi connectivity index (χ3n) is 4.99. The molecule has 0 aliphatic carbocycles. The summed E-state index contributed by atoms with van der Waals surface area (Å²) in [5, 5.41) is 1.24. The minimum absolute atomic E-state index is 1.14. The van der Waals surface area contributed by atoms with Crippen LogP contribution >= 0.6 is 0 Å². The average molecular weight is 345 g/mol. The molecule has 0 unspecified atom stereocenters. The van der Waals surface area contributed by atoms with Crippen LogP contribution < -0.4 is 0 Å². The van der Waals surface area contributed by atoms with Crippen LogP contribution in [0.4, 0.5) is 0 Å². The monoisotopic (exact) mass is 345 g/mol. The van der Waals surface area contributed by atoms with Crippen molar-refractivity contribution in [1.82, 2.24) is 4.98 Å². The molecule has 0 saturated carbocycles. The van der Waals surface area contributed by atoms with Crippen molar-refractivity contribution in [3.8, 4) is 33.5 Å². The Kier molecular flexibility index (Phi) is 3.84. The Balaban J connectivity index is 1.72. The zero-order valence-electron chi connectivity index (χ0n) is 14.9. The Morgan fingerprint density at radius 1 is 0.407 bits per heavy atom. The van der Waals surface area contributed by atoms with Gasteiger partial charge in [-0.3, -0.25) is 0 Å². The Hall–Kier alpha value is -3.58. The Bertz CT molecular complexity index is 1110. The van der Waals surface area contributed by atoms with E-state index in [1.54, 1.807) is 0 Å². The van der Waals surface area contributed by atoms with E-state index in [2.05, 4.69) is 114 Å². The first-order chi connectivity index (χ1) is 13.4. The fourth-order valence-corrected chi connectivity index (χ4v) is 3.61. The molecule has 4 aromatic carbocycles. The van der Waals surface area contributed by atoms with Gasteiger partial charge in [0.2, 0.25) is 0 Å². The molecule has 128 valence electrons. The number of H-pyrrole nitrogens is 1. The Morgan fingerprint density at radius 3 is 1.52 bits per heavy atom. The molecule has 1 nitrogen and oxygen atoms in total. The summed E-state index contributed by atoms with van der Waals surface area (Å²) in [6, 6.07) is 38.6. The summed E-state index contributed by atoms with van der Waals surface area (Å²) >= 11 is 0. The summed E-state index contributed by atoms with van der Waals surface area (Å²) in [5.41, 5.74) is 8.42. The SMILES string of the molecule is c1ccc(-c2cc(-c3ccccc3)cc(-c3cc4ccccc4[nH]3)c2)cc1. The molecule has 0 aliphatic heterocycles. The normalized spacial score (nSPS) is 11.0. The predicted molar refractivity (Wildman–Crippen MR) is 115 cm³/mol. The van der Waals surface area contributed by atoms with E-state index in [0.29, 0.717) is 0 Å². The second-order valence-electron chi connectivity index (χ2n) is 6.80. The van der Waals surface area contributed by atoms with E-state index in [1.807, 2.05) is 0 Å². The minimum Gasteiger partial charge on any atom is -0.355 e. The predicted octanol–water partition coefficient (Wildman–Crippen LogP) is 7.17. The molecule has 0 amide bonds. The molecule has 27 heavy (non-hydrogen) atoms. The standard InChI is InChI=1S/C26H19N/c1-3-9-19(10-4-1)22-15-23(20-11-5-2-6-12-20)17-24(16-22)26-18-21-13-7-8-14-25(21)27-26/h1-18,27H. The lowest BCUT2D eigenvalue weighted by Crippen LogP contribution is -1.86. The summed E-state index contributed by atoms with van der Waals surface area (Å²) < 4.78 is 0. The first kappa shape index (κ1) is 15.7. The number of aromatic nitrogens is 1. The van der Waals surface area contributed by atoms with Gasteiger partial charge in [-0.1, -0.05) is 78.9 Å². The van der Waals surface area contributed by atoms with Gasteiger partial charge in [0, 0.05) is 16.6 Å². The quantitative estimate of drug-likeness (QED) is 0.357. The molecule has 1 aromatic heterocycles. The summed E-state index contributed by atoms with van der Waals surface area (Å²) in [5.74, 6) is 0. The smallest absolute Gasteiger partial charge is 0.0465 e. The first-order valence-electron chi connectivity index (χ1n) is 9.21. The number of fused-ring (bicyclic) bond motifs is 1. The molecule has 0 saturated heterocycles. The Labute approximate surface area is 158 Å². The molecule has 0 fully saturated rings. The second kappa shape index (κ2) is 6.62. The van der Waals surface area contributed by atoms with Crippen molar-refractivity contribution in [2.24, 2.45) is 0 Å². The minimum atomic E-state index is 1.14. The third-order valence-corrected chi connectivity index (χ3v) is 4.99. The number of nitrogens with one attached hydrogen (secondary N) is 1. The lowest BCUT2D eigenvalue weighted by molar-refractivity contribution is 1.45. The lowest BCUT2D eigenvalue weighted by atomic mass is 9.95. The molecule has 1 N–H and O–H groups in total. The van der Waals surface area contributed by atoms with Crippen LogP contribution in [-0.4, -0.2) is 4.98 Å². The molecule has 0 bridgehead atoms. The fraction of sp³-hybridized carbons (Fsp3) is 0. The van der Waals surface area contributed by atoms with Gasteiger partial charge in [-0.15, -0.1) is 0 Å². The number of hydrogen-bond donors (Lipinski definition) is 1. The molecule has 1 heterocycles. The molecule has 5 aromatic rings. The second-order valence-corrected chi connectivity index (χ2v) is 6.80. The van der Waals surface area contributed by atoms with Crippen molar-refractivity contribution in [2.45, 2.75) is 0 Å². The van der Waals surface area contributed by atoms with E-state index < -0.39 is 0 Å². The zero-order chi connectivity index (χ0) is 18.1. The third kappa shape index (κ3) is 3.04. The maximum absolute atomic E-state index is 3.57. The summed E-state index contributed by atoms with van der Waals surface area (Å²) in [7, 11) is 0. The highest BCUT2D eigenvalue weighted by Crippen LogP contribution is 2.33. The van der Waals surface area contributed by atoms with Crippen LogP contribution in [0.3, 0.4) is 0 Å². The van der Waals surface area contributed by atoms with E-state index >= 15 is 0 Å². The molecule has 0 radical (unpaired) electrons. The van der Waals surface area contributed by atoms with Gasteiger partial charge in [0.15, 0.2) is 0 Å². The van der Waals surface area contributed by atoms with Crippen molar-refractivity contribution in [3.05, 3.63) is 109 Å². The van der Waals surface area contributed by atoms with Gasteiger partial charge in [-0.2, -0.15) is 0 Å². The zero-order valence-corrected chi connectivity index (χ0v) is 14.9. The number of rotatable bonds is 3. The van der Waals surface area contributed by atoms with Crippen molar-refractivity contribution in [1.29, 1.82) is 0 Å². The number of hydrogen-bond acceptors (Lipinski definition) is 0. The van der Waals surface area contributed by atoms with Gasteiger partial charge < -0.3 is 4.98 Å². The van der Waals surface area contributed by atoms with E-state index in [-0.39, 0.29) is 0 Å². The van der Waals surface area contributed by atoms with E-state index in [0.717, 1.165) is 5.69 Å². The molecule has 5 rings (SSSR count). The molecule has 0 aliphatic rings. The maximum atomic E-state index is 3.57. The summed E-state index contributed by atoms with van der Waals surface area (Å²) in [6.45, 7) is 0. The van der Waals surface area contributed by atoms with Crippen LogP contribution in [0.25, 0.3) is 44.4 Å². The topological polar surface area (TPSA) is 15.8 Å². The highest BCUT2D eigenvalue weighted by molar-refractivity contribution is 5.88. The van der Waals surface area contributed by atoms with Crippen LogP contribution in [0, 0.1) is 0 Å². The van der Waals surface area contributed by atoms with Crippen LogP contribution in [0.5, 0.6) is 0 Å². The molecule has 0 atom stereocenters. The van der Waals surface area contributed by atoms with Gasteiger partial charge in [0.05, 0.1) is 0 Å². The number of para-hydroxylation sites is 1. The largest absolute Gasteiger partial charge is 0.355 e. The van der Waals surface area contributed by atoms with Crippen LogP contribution in [0.15, 0.2) is 109 Å². The summed E-state index contributed by atoms with van der Waals surface area (Å²) in [6.07, 6.45) is 0. The molecule has 0 spiro atoms. The van der Waals surface area contributed by atoms with Crippen LogP contribution in [0.1, 0.15) is 0 Å². The maximum Gasteiger partial charge on any atom is 0.0465 e. The van der Waals surface area contributed by atoms with Gasteiger partial charge >= 0.3 is 0 Å². The van der Waals surface area contributed by atoms with Gasteiger partial charge in [0.25, 0.3) is 0 Å². The van der Waals surface area contributed by atoms with Gasteiger partial charge in [-0.25, -0.2) is 0 Å². The van der Waals surface area contributed by atoms with Crippen molar-refractivity contribution < 1.29 is 0 Å². The number of benzene rings is 4. The molecular formula is C26H19N. The highest BCUT2D eigenvalue weighted by Gasteiger charge is 2.09. The van der Waals surface area contributed by atoms with Gasteiger partial charge in [0.1, 0.15) is 0 Å². The summed E-state index contributed by atoms with van der Waals surface area (Å²) in [4.78, 5) is 3.57. The Morgan fingerprint density at radius 2 is 0.926 bits per heavy atom. The molecule has 1 heteroatoms. The van der Waals surface area contributed by atoms with E-state index in [9.17, 15) is 0 Å². The van der Waals surface area contributed by atoms with Crippen molar-refractivity contribution in [2.75, 3.05) is 0 Å². The van der Waals surface area contributed by atoms with E-state index in [1.165, 1.54) is 38.7 Å². The first-order valence-corrected chi connectivity index (χ1v) is 9.21. The van der Waals surface area contributed by atoms with Crippen molar-refractivity contribution >= 4 is 10.9 Å². The fourth-order valence-electron chi connectivity index (χ4n) is 3.61. The lowest BCUT2D eigenvalue weighted by Gasteiger charge is -2.10. The van der Waals surface area contributed by atoms with Gasteiger partial charge in [-0.05, 0) is 58.1 Å². The van der Waals surface area contributed by atoms with Crippen molar-refractivity contribution in [3.63, 3.8) is 0 Å².